The molecule has 0 saturated heterocycles. The van der Waals surface area contributed by atoms with E-state index in [-0.39, 0.29) is 5.91 Å². The highest BCUT2D eigenvalue weighted by Crippen LogP contribution is 2.21. The van der Waals surface area contributed by atoms with E-state index < -0.39 is 0 Å². The first-order valence-electron chi connectivity index (χ1n) is 10.7. The van der Waals surface area contributed by atoms with Gasteiger partial charge in [0, 0.05) is 12.1 Å². The maximum absolute atomic E-state index is 13.1. The average molecular weight is 435 g/mol. The molecule has 0 aliphatic rings. The van der Waals surface area contributed by atoms with Crippen LogP contribution in [0, 0.1) is 0 Å². The normalized spacial score (nSPS) is 10.8. The monoisotopic (exact) mass is 434 g/mol. The van der Waals surface area contributed by atoms with Crippen LogP contribution in [0.4, 0.5) is 0 Å². The maximum Gasteiger partial charge on any atom is 0.270 e. The van der Waals surface area contributed by atoms with Crippen LogP contribution in [0.25, 0.3) is 16.9 Å². The summed E-state index contributed by atoms with van der Waals surface area (Å²) in [7, 11) is 0. The molecule has 162 valence electrons. The number of hydrogen-bond donors (Lipinski definition) is 1. The minimum absolute atomic E-state index is 0.180. The van der Waals surface area contributed by atoms with Gasteiger partial charge in [-0.05, 0) is 29.3 Å². The summed E-state index contributed by atoms with van der Waals surface area (Å²) in [4.78, 5) is 17.1. The lowest BCUT2D eigenvalue weighted by Gasteiger charge is -2.09. The van der Waals surface area contributed by atoms with Crippen molar-refractivity contribution in [1.29, 1.82) is 0 Å². The molecule has 0 spiro atoms. The SMILES string of the molecule is O=C(NCc1ccc(Cn2cncn2)cc1)c1cc(-c2ccccc2)nn1-c1ccccc1. The van der Waals surface area contributed by atoms with Crippen molar-refractivity contribution in [1.82, 2.24) is 29.9 Å². The molecule has 0 bridgehead atoms. The van der Waals surface area contributed by atoms with Gasteiger partial charge in [-0.3, -0.25) is 4.79 Å². The Morgan fingerprint density at radius 3 is 2.24 bits per heavy atom. The van der Waals surface area contributed by atoms with E-state index in [2.05, 4.69) is 15.4 Å². The lowest BCUT2D eigenvalue weighted by Crippen LogP contribution is -2.25. The number of rotatable bonds is 7. The van der Waals surface area contributed by atoms with Gasteiger partial charge in [0.05, 0.1) is 17.9 Å². The first-order chi connectivity index (χ1) is 16.3. The summed E-state index contributed by atoms with van der Waals surface area (Å²) in [5.74, 6) is -0.180. The second-order valence-corrected chi connectivity index (χ2v) is 7.62. The van der Waals surface area contributed by atoms with E-state index in [0.29, 0.717) is 18.8 Å². The van der Waals surface area contributed by atoms with Crippen LogP contribution < -0.4 is 5.32 Å². The van der Waals surface area contributed by atoms with Crippen molar-refractivity contribution >= 4 is 5.91 Å². The summed E-state index contributed by atoms with van der Waals surface area (Å²) in [6.07, 6.45) is 3.21. The van der Waals surface area contributed by atoms with Gasteiger partial charge < -0.3 is 5.32 Å². The standard InChI is InChI=1S/C26H22N6O/c33-26(28-16-20-11-13-21(14-12-20)17-31-19-27-18-29-31)25-15-24(22-7-3-1-4-8-22)30-32(25)23-9-5-2-6-10-23/h1-15,18-19H,16-17H2,(H,28,33). The second kappa shape index (κ2) is 9.32. The second-order valence-electron chi connectivity index (χ2n) is 7.62. The zero-order valence-electron chi connectivity index (χ0n) is 17.9. The Morgan fingerprint density at radius 1 is 0.848 bits per heavy atom. The van der Waals surface area contributed by atoms with Crippen molar-refractivity contribution in [3.63, 3.8) is 0 Å². The van der Waals surface area contributed by atoms with Crippen LogP contribution in [-0.4, -0.2) is 30.5 Å². The van der Waals surface area contributed by atoms with E-state index in [1.165, 1.54) is 6.33 Å². The minimum atomic E-state index is -0.180. The zero-order chi connectivity index (χ0) is 22.5. The highest BCUT2D eigenvalue weighted by atomic mass is 16.2. The number of aromatic nitrogens is 5. The number of carbonyl (C=O) groups is 1. The molecule has 1 N–H and O–H groups in total. The van der Waals surface area contributed by atoms with Crippen LogP contribution in [0.5, 0.6) is 0 Å². The Balaban J connectivity index is 1.34. The molecule has 1 amide bonds. The molecule has 0 unspecified atom stereocenters. The molecule has 5 aromatic rings. The molecule has 7 heteroatoms. The number of benzene rings is 3. The smallest absolute Gasteiger partial charge is 0.270 e. The topological polar surface area (TPSA) is 77.6 Å². The van der Waals surface area contributed by atoms with Crippen molar-refractivity contribution < 1.29 is 4.79 Å². The van der Waals surface area contributed by atoms with Gasteiger partial charge in [-0.1, -0.05) is 72.8 Å². The summed E-state index contributed by atoms with van der Waals surface area (Å²) in [5, 5.41) is 11.9. The molecule has 2 heterocycles. The molecule has 0 atom stereocenters. The van der Waals surface area contributed by atoms with Crippen molar-refractivity contribution in [2.24, 2.45) is 0 Å². The summed E-state index contributed by atoms with van der Waals surface area (Å²) in [6, 6.07) is 29.5. The number of para-hydroxylation sites is 1. The van der Waals surface area contributed by atoms with Gasteiger partial charge in [-0.15, -0.1) is 0 Å². The Labute approximate surface area is 191 Å². The van der Waals surface area contributed by atoms with Gasteiger partial charge in [0.25, 0.3) is 5.91 Å². The van der Waals surface area contributed by atoms with E-state index in [1.54, 1.807) is 15.7 Å². The Bertz CT molecular complexity index is 1330. The van der Waals surface area contributed by atoms with Gasteiger partial charge in [0.2, 0.25) is 0 Å². The van der Waals surface area contributed by atoms with Crippen LogP contribution in [-0.2, 0) is 13.1 Å². The highest BCUT2D eigenvalue weighted by Gasteiger charge is 2.17. The fourth-order valence-electron chi connectivity index (χ4n) is 3.60. The molecule has 0 radical (unpaired) electrons. The first-order valence-corrected chi connectivity index (χ1v) is 10.7. The quantitative estimate of drug-likeness (QED) is 0.418. The van der Waals surface area contributed by atoms with Crippen LogP contribution in [0.2, 0.25) is 0 Å². The number of amides is 1. The van der Waals surface area contributed by atoms with E-state index in [4.69, 9.17) is 5.10 Å². The Hall–Kier alpha value is -4.52. The van der Waals surface area contributed by atoms with Gasteiger partial charge in [0.15, 0.2) is 0 Å². The van der Waals surface area contributed by atoms with Gasteiger partial charge >= 0.3 is 0 Å². The molecule has 0 aliphatic carbocycles. The Morgan fingerprint density at radius 2 is 1.55 bits per heavy atom. The fourth-order valence-corrected chi connectivity index (χ4v) is 3.60. The van der Waals surface area contributed by atoms with Crippen LogP contribution in [0.15, 0.2) is 104 Å². The predicted molar refractivity (Wildman–Crippen MR) is 126 cm³/mol. The summed E-state index contributed by atoms with van der Waals surface area (Å²) in [6.45, 7) is 1.08. The van der Waals surface area contributed by atoms with Gasteiger partial charge in [0.1, 0.15) is 18.3 Å². The number of nitrogens with zero attached hydrogens (tertiary/aromatic N) is 5. The molecule has 2 aromatic heterocycles. The van der Waals surface area contributed by atoms with Crippen LogP contribution in [0.1, 0.15) is 21.6 Å². The molecule has 0 fully saturated rings. The van der Waals surface area contributed by atoms with E-state index >= 15 is 0 Å². The van der Waals surface area contributed by atoms with Crippen molar-refractivity contribution in [3.8, 4) is 16.9 Å². The molecular weight excluding hydrogens is 412 g/mol. The molecule has 3 aromatic carbocycles. The van der Waals surface area contributed by atoms with Gasteiger partial charge in [-0.2, -0.15) is 10.2 Å². The van der Waals surface area contributed by atoms with Gasteiger partial charge in [-0.25, -0.2) is 14.3 Å². The largest absolute Gasteiger partial charge is 0.347 e. The van der Waals surface area contributed by atoms with E-state index in [0.717, 1.165) is 28.1 Å². The van der Waals surface area contributed by atoms with E-state index in [1.807, 2.05) is 91.0 Å². The maximum atomic E-state index is 13.1. The summed E-state index contributed by atoms with van der Waals surface area (Å²) < 4.78 is 3.46. The highest BCUT2D eigenvalue weighted by molar-refractivity contribution is 5.94. The third kappa shape index (κ3) is 4.72. The molecule has 5 rings (SSSR count). The molecular formula is C26H22N6O. The minimum Gasteiger partial charge on any atom is -0.347 e. The summed E-state index contributed by atoms with van der Waals surface area (Å²) in [5.41, 5.74) is 5.17. The Kier molecular flexibility index (Phi) is 5.75. The summed E-state index contributed by atoms with van der Waals surface area (Å²) >= 11 is 0. The van der Waals surface area contributed by atoms with Crippen molar-refractivity contribution in [3.05, 3.63) is 120 Å². The van der Waals surface area contributed by atoms with Crippen LogP contribution >= 0.6 is 0 Å². The third-order valence-corrected chi connectivity index (χ3v) is 5.30. The van der Waals surface area contributed by atoms with Crippen LogP contribution in [0.3, 0.4) is 0 Å². The molecule has 0 saturated carbocycles. The fraction of sp³-hybridized carbons (Fsp3) is 0.0769. The van der Waals surface area contributed by atoms with E-state index in [9.17, 15) is 4.79 Å². The first kappa shape index (κ1) is 20.4. The lowest BCUT2D eigenvalue weighted by atomic mass is 10.1. The van der Waals surface area contributed by atoms with Crippen molar-refractivity contribution in [2.45, 2.75) is 13.1 Å². The average Bonchev–Trinajstić information content (AvgIpc) is 3.55. The molecule has 0 aliphatic heterocycles. The van der Waals surface area contributed by atoms with Crippen molar-refractivity contribution in [2.75, 3.05) is 0 Å². The number of nitrogens with one attached hydrogen (secondary N) is 1. The molecule has 7 nitrogen and oxygen atoms in total. The lowest BCUT2D eigenvalue weighted by molar-refractivity contribution is 0.0943. The number of carbonyl (C=O) groups excluding carboxylic acids is 1. The number of hydrogen-bond acceptors (Lipinski definition) is 4. The molecule has 33 heavy (non-hydrogen) atoms. The predicted octanol–water partition coefficient (Wildman–Crippen LogP) is 4.11. The third-order valence-electron chi connectivity index (χ3n) is 5.30. The zero-order valence-corrected chi connectivity index (χ0v) is 17.9.